The summed E-state index contributed by atoms with van der Waals surface area (Å²) in [6.07, 6.45) is -0.388. The molecular weight excluding hydrogens is 246 g/mol. The van der Waals surface area contributed by atoms with Crippen molar-refractivity contribution in [2.24, 2.45) is 5.41 Å². The van der Waals surface area contributed by atoms with Gasteiger partial charge in [0.05, 0.1) is 6.10 Å². The van der Waals surface area contributed by atoms with E-state index in [1.54, 1.807) is 0 Å². The lowest BCUT2D eigenvalue weighted by molar-refractivity contribution is 0.0393. The summed E-state index contributed by atoms with van der Waals surface area (Å²) in [5.74, 6) is 0.0890. The van der Waals surface area contributed by atoms with E-state index < -0.39 is 0 Å². The number of aliphatic hydroxyl groups is 1. The molecule has 0 saturated carbocycles. The van der Waals surface area contributed by atoms with Crippen LogP contribution in [0.2, 0.25) is 0 Å². The number of nitrogens with one attached hydrogen (secondary N) is 1. The molecule has 0 aliphatic heterocycles. The van der Waals surface area contributed by atoms with E-state index in [4.69, 9.17) is 0 Å². The van der Waals surface area contributed by atoms with Gasteiger partial charge in [-0.3, -0.25) is 0 Å². The molecule has 0 radical (unpaired) electrons. The van der Waals surface area contributed by atoms with Gasteiger partial charge in [-0.05, 0) is 28.8 Å². The Labute approximate surface area is 121 Å². The molecule has 2 aromatic carbocycles. The zero-order valence-corrected chi connectivity index (χ0v) is 12.9. The van der Waals surface area contributed by atoms with Gasteiger partial charge in [0.2, 0.25) is 0 Å². The summed E-state index contributed by atoms with van der Waals surface area (Å²) in [6.45, 7) is 7.04. The molecule has 0 spiro atoms. The highest BCUT2D eigenvalue weighted by atomic mass is 16.3. The summed E-state index contributed by atoms with van der Waals surface area (Å²) >= 11 is 0. The molecular formula is C18H25NO. The zero-order chi connectivity index (χ0) is 14.8. The van der Waals surface area contributed by atoms with Crippen LogP contribution in [0, 0.1) is 5.41 Å². The number of fused-ring (bicyclic) bond motifs is 1. The Morgan fingerprint density at radius 2 is 1.70 bits per heavy atom. The Morgan fingerprint density at radius 1 is 1.05 bits per heavy atom. The molecule has 108 valence electrons. The van der Waals surface area contributed by atoms with Crippen LogP contribution in [0.25, 0.3) is 10.8 Å². The van der Waals surface area contributed by atoms with Gasteiger partial charge >= 0.3 is 0 Å². The maximum atomic E-state index is 10.7. The highest BCUT2D eigenvalue weighted by Crippen LogP contribution is 2.34. The van der Waals surface area contributed by atoms with E-state index in [9.17, 15) is 5.11 Å². The minimum absolute atomic E-state index is 0.0890. The van der Waals surface area contributed by atoms with Gasteiger partial charge in [0, 0.05) is 12.5 Å². The van der Waals surface area contributed by atoms with Gasteiger partial charge in [0.15, 0.2) is 0 Å². The molecule has 0 bridgehead atoms. The smallest absolute Gasteiger partial charge is 0.0669 e. The number of hydrogen-bond acceptors (Lipinski definition) is 2. The van der Waals surface area contributed by atoms with Gasteiger partial charge in [-0.25, -0.2) is 0 Å². The minimum Gasteiger partial charge on any atom is -0.392 e. The SMILES string of the molecule is CNC[C@@H](c1cccc2ccccc12)[C@@H](O)C(C)(C)C. The molecule has 0 fully saturated rings. The summed E-state index contributed by atoms with van der Waals surface area (Å²) in [5.41, 5.74) is 1.08. The summed E-state index contributed by atoms with van der Waals surface area (Å²) < 4.78 is 0. The fourth-order valence-corrected chi connectivity index (χ4v) is 2.79. The van der Waals surface area contributed by atoms with Crippen LogP contribution >= 0.6 is 0 Å². The van der Waals surface area contributed by atoms with Crippen molar-refractivity contribution in [2.75, 3.05) is 13.6 Å². The predicted molar refractivity (Wildman–Crippen MR) is 86.1 cm³/mol. The highest BCUT2D eigenvalue weighted by Gasteiger charge is 2.31. The van der Waals surface area contributed by atoms with Crippen molar-refractivity contribution < 1.29 is 5.11 Å². The lowest BCUT2D eigenvalue weighted by atomic mass is 9.77. The first-order valence-corrected chi connectivity index (χ1v) is 7.25. The van der Waals surface area contributed by atoms with Crippen molar-refractivity contribution in [2.45, 2.75) is 32.8 Å². The van der Waals surface area contributed by atoms with Crippen LogP contribution in [-0.2, 0) is 0 Å². The Hall–Kier alpha value is -1.38. The molecule has 0 unspecified atom stereocenters. The van der Waals surface area contributed by atoms with Crippen LogP contribution < -0.4 is 5.32 Å². The van der Waals surface area contributed by atoms with E-state index in [0.29, 0.717) is 0 Å². The van der Waals surface area contributed by atoms with E-state index in [2.05, 4.69) is 68.6 Å². The normalized spacial score (nSPS) is 15.2. The molecule has 2 heteroatoms. The van der Waals surface area contributed by atoms with Gasteiger partial charge in [-0.15, -0.1) is 0 Å². The fourth-order valence-electron chi connectivity index (χ4n) is 2.79. The minimum atomic E-state index is -0.388. The molecule has 2 atom stereocenters. The second-order valence-corrected chi connectivity index (χ2v) is 6.54. The Kier molecular flexibility index (Phi) is 4.46. The maximum Gasteiger partial charge on any atom is 0.0669 e. The van der Waals surface area contributed by atoms with Crippen molar-refractivity contribution in [1.82, 2.24) is 5.32 Å². The van der Waals surface area contributed by atoms with Crippen LogP contribution in [0.4, 0.5) is 0 Å². The first-order chi connectivity index (χ1) is 9.45. The van der Waals surface area contributed by atoms with Crippen LogP contribution in [0.3, 0.4) is 0 Å². The molecule has 0 heterocycles. The van der Waals surface area contributed by atoms with E-state index in [1.807, 2.05) is 7.05 Å². The van der Waals surface area contributed by atoms with E-state index in [1.165, 1.54) is 16.3 Å². The molecule has 2 N–H and O–H groups in total. The molecule has 0 aromatic heterocycles. The number of aliphatic hydroxyl groups excluding tert-OH is 1. The maximum absolute atomic E-state index is 10.7. The van der Waals surface area contributed by atoms with Gasteiger partial charge in [-0.2, -0.15) is 0 Å². The first-order valence-electron chi connectivity index (χ1n) is 7.25. The van der Waals surface area contributed by atoms with Gasteiger partial charge in [-0.1, -0.05) is 63.2 Å². The molecule has 0 amide bonds. The number of rotatable bonds is 4. The summed E-state index contributed by atoms with van der Waals surface area (Å²) in [4.78, 5) is 0. The lowest BCUT2D eigenvalue weighted by Crippen LogP contribution is -2.37. The van der Waals surface area contributed by atoms with Gasteiger partial charge in [0.25, 0.3) is 0 Å². The summed E-state index contributed by atoms with van der Waals surface area (Å²) in [6, 6.07) is 14.7. The first kappa shape index (κ1) is 15.0. The molecule has 2 nitrogen and oxygen atoms in total. The van der Waals surface area contributed by atoms with Crippen molar-refractivity contribution in [3.63, 3.8) is 0 Å². The second kappa shape index (κ2) is 5.94. The quantitative estimate of drug-likeness (QED) is 0.891. The number of hydrogen-bond donors (Lipinski definition) is 2. The average molecular weight is 271 g/mol. The Morgan fingerprint density at radius 3 is 2.35 bits per heavy atom. The average Bonchev–Trinajstić information content (AvgIpc) is 2.42. The second-order valence-electron chi connectivity index (χ2n) is 6.54. The number of benzene rings is 2. The summed E-state index contributed by atoms with van der Waals surface area (Å²) in [7, 11) is 1.94. The van der Waals surface area contributed by atoms with Crippen molar-refractivity contribution in [3.8, 4) is 0 Å². The monoisotopic (exact) mass is 271 g/mol. The number of likely N-dealkylation sites (N-methyl/N-ethyl adjacent to an activating group) is 1. The lowest BCUT2D eigenvalue weighted by Gasteiger charge is -2.34. The predicted octanol–water partition coefficient (Wildman–Crippen LogP) is 3.55. The highest BCUT2D eigenvalue weighted by molar-refractivity contribution is 5.86. The third-order valence-corrected chi connectivity index (χ3v) is 3.92. The van der Waals surface area contributed by atoms with Crippen molar-refractivity contribution in [1.29, 1.82) is 0 Å². The molecule has 0 aliphatic rings. The molecule has 20 heavy (non-hydrogen) atoms. The molecule has 0 aliphatic carbocycles. The van der Waals surface area contributed by atoms with Crippen LogP contribution in [0.5, 0.6) is 0 Å². The van der Waals surface area contributed by atoms with E-state index in [0.717, 1.165) is 6.54 Å². The molecule has 2 aromatic rings. The van der Waals surface area contributed by atoms with Crippen LogP contribution in [0.15, 0.2) is 42.5 Å². The molecule has 2 rings (SSSR count). The van der Waals surface area contributed by atoms with Crippen molar-refractivity contribution in [3.05, 3.63) is 48.0 Å². The van der Waals surface area contributed by atoms with E-state index in [-0.39, 0.29) is 17.4 Å². The van der Waals surface area contributed by atoms with Crippen LogP contribution in [-0.4, -0.2) is 24.8 Å². The Balaban J connectivity index is 2.52. The third kappa shape index (κ3) is 3.02. The fraction of sp³-hybridized carbons (Fsp3) is 0.444. The van der Waals surface area contributed by atoms with Crippen molar-refractivity contribution >= 4 is 10.8 Å². The molecule has 0 saturated heterocycles. The van der Waals surface area contributed by atoms with Gasteiger partial charge in [0.1, 0.15) is 0 Å². The standard InChI is InChI=1S/C18H25NO/c1-18(2,3)17(20)16(12-19-4)15-11-7-9-13-8-5-6-10-14(13)15/h5-11,16-17,19-20H,12H2,1-4H3/t16-,17+/m0/s1. The topological polar surface area (TPSA) is 32.3 Å². The van der Waals surface area contributed by atoms with Gasteiger partial charge < -0.3 is 10.4 Å². The largest absolute Gasteiger partial charge is 0.392 e. The van der Waals surface area contributed by atoms with Crippen LogP contribution in [0.1, 0.15) is 32.3 Å². The zero-order valence-electron chi connectivity index (χ0n) is 12.9. The third-order valence-electron chi connectivity index (χ3n) is 3.92. The van der Waals surface area contributed by atoms with E-state index >= 15 is 0 Å². The Bertz CT molecular complexity index is 566. The summed E-state index contributed by atoms with van der Waals surface area (Å²) in [5, 5.41) is 16.4.